The monoisotopic (exact) mass is 348 g/mol. The zero-order valence-electron chi connectivity index (χ0n) is 14.1. The van der Waals surface area contributed by atoms with E-state index < -0.39 is 0 Å². The van der Waals surface area contributed by atoms with Crippen LogP contribution in [0.4, 0.5) is 0 Å². The summed E-state index contributed by atoms with van der Waals surface area (Å²) in [6.07, 6.45) is 5.03. The average molecular weight is 348 g/mol. The Bertz CT molecular complexity index is 1010. The lowest BCUT2D eigenvalue weighted by Crippen LogP contribution is -2.35. The highest BCUT2D eigenvalue weighted by molar-refractivity contribution is 7.08. The van der Waals surface area contributed by atoms with Gasteiger partial charge >= 0.3 is 0 Å². The van der Waals surface area contributed by atoms with Crippen molar-refractivity contribution in [3.05, 3.63) is 75.6 Å². The number of aromatic amines is 2. The van der Waals surface area contributed by atoms with Crippen molar-refractivity contribution in [2.75, 3.05) is 6.54 Å². The van der Waals surface area contributed by atoms with E-state index in [0.29, 0.717) is 0 Å². The summed E-state index contributed by atoms with van der Waals surface area (Å²) in [5.74, 6) is 0. The van der Waals surface area contributed by atoms with Crippen molar-refractivity contribution in [3.63, 3.8) is 0 Å². The van der Waals surface area contributed by atoms with Crippen LogP contribution in [0.3, 0.4) is 0 Å². The minimum absolute atomic E-state index is 0.232. The van der Waals surface area contributed by atoms with E-state index in [1.54, 1.807) is 11.3 Å². The van der Waals surface area contributed by atoms with E-state index in [1.807, 2.05) is 6.33 Å². The summed E-state index contributed by atoms with van der Waals surface area (Å²) in [5.41, 5.74) is 7.71. The molecule has 1 unspecified atom stereocenters. The van der Waals surface area contributed by atoms with Crippen LogP contribution in [0.15, 0.2) is 47.5 Å². The first kappa shape index (κ1) is 14.9. The molecular weight excluding hydrogens is 328 g/mol. The van der Waals surface area contributed by atoms with Crippen molar-refractivity contribution in [1.29, 1.82) is 0 Å². The lowest BCUT2D eigenvalue weighted by molar-refractivity contribution is 0.201. The van der Waals surface area contributed by atoms with E-state index >= 15 is 0 Å². The van der Waals surface area contributed by atoms with Crippen molar-refractivity contribution in [2.45, 2.75) is 25.9 Å². The molecule has 0 spiro atoms. The molecule has 0 saturated carbocycles. The molecule has 25 heavy (non-hydrogen) atoms. The second-order valence-corrected chi connectivity index (χ2v) is 7.54. The van der Waals surface area contributed by atoms with Crippen molar-refractivity contribution < 1.29 is 0 Å². The molecule has 5 heteroatoms. The van der Waals surface area contributed by atoms with Crippen molar-refractivity contribution in [2.24, 2.45) is 0 Å². The van der Waals surface area contributed by atoms with Crippen molar-refractivity contribution in [1.82, 2.24) is 19.9 Å². The van der Waals surface area contributed by atoms with E-state index in [0.717, 1.165) is 19.5 Å². The Morgan fingerprint density at radius 3 is 3.12 bits per heavy atom. The fraction of sp³-hybridized carbons (Fsp3) is 0.250. The summed E-state index contributed by atoms with van der Waals surface area (Å²) in [7, 11) is 0. The lowest BCUT2D eigenvalue weighted by atomic mass is 9.97. The summed E-state index contributed by atoms with van der Waals surface area (Å²) in [6, 6.07) is 8.99. The maximum Gasteiger partial charge on any atom is 0.0926 e. The second kappa shape index (κ2) is 5.86. The standard InChI is InChI=1S/C20H20N4S/c1-13-3-2-4-16-15(9-21-18(13)16)10-24-7-5-17-19(23-12-22-17)20(24)14-6-8-25-11-14/h2-4,6,8-9,11-12,20-21H,5,7,10H2,1H3,(H,22,23). The fourth-order valence-electron chi connectivity index (χ4n) is 4.01. The van der Waals surface area contributed by atoms with Crippen molar-refractivity contribution in [3.8, 4) is 0 Å². The molecule has 0 aliphatic carbocycles. The van der Waals surface area contributed by atoms with E-state index in [4.69, 9.17) is 0 Å². The Kier molecular flexibility index (Phi) is 3.50. The molecule has 1 aromatic carbocycles. The van der Waals surface area contributed by atoms with Crippen LogP contribution in [0.1, 0.15) is 34.1 Å². The molecule has 2 N–H and O–H groups in total. The topological polar surface area (TPSA) is 47.7 Å². The molecule has 126 valence electrons. The summed E-state index contributed by atoms with van der Waals surface area (Å²) in [6.45, 7) is 4.12. The Hall–Kier alpha value is -2.37. The molecule has 1 atom stereocenters. The van der Waals surface area contributed by atoms with Gasteiger partial charge in [0.25, 0.3) is 0 Å². The molecule has 1 aliphatic rings. The second-order valence-electron chi connectivity index (χ2n) is 6.76. The number of H-pyrrole nitrogens is 2. The van der Waals surface area contributed by atoms with Gasteiger partial charge in [-0.1, -0.05) is 18.2 Å². The molecule has 3 aromatic heterocycles. The average Bonchev–Trinajstić information content (AvgIpc) is 3.36. The van der Waals surface area contributed by atoms with Gasteiger partial charge in [-0.15, -0.1) is 0 Å². The van der Waals surface area contributed by atoms with E-state index in [2.05, 4.69) is 68.0 Å². The van der Waals surface area contributed by atoms with Crippen LogP contribution in [0.5, 0.6) is 0 Å². The number of rotatable bonds is 3. The quantitative estimate of drug-likeness (QED) is 0.576. The third kappa shape index (κ3) is 2.42. The normalized spacial score (nSPS) is 17.9. The molecule has 5 rings (SSSR count). The van der Waals surface area contributed by atoms with Crippen LogP contribution in [-0.4, -0.2) is 26.4 Å². The highest BCUT2D eigenvalue weighted by Gasteiger charge is 2.31. The molecule has 4 aromatic rings. The number of imidazole rings is 1. The van der Waals surface area contributed by atoms with E-state index in [9.17, 15) is 0 Å². The molecule has 0 radical (unpaired) electrons. The van der Waals surface area contributed by atoms with Crippen LogP contribution in [0, 0.1) is 6.92 Å². The number of fused-ring (bicyclic) bond motifs is 2. The molecule has 0 fully saturated rings. The molecule has 4 heterocycles. The van der Waals surface area contributed by atoms with Crippen molar-refractivity contribution >= 4 is 22.2 Å². The number of aryl methyl sites for hydroxylation is 1. The fourth-order valence-corrected chi connectivity index (χ4v) is 4.69. The number of nitrogens with zero attached hydrogens (tertiary/aromatic N) is 2. The SMILES string of the molecule is Cc1cccc2c(CN3CCc4[nH]cnc4C3c3ccsc3)c[nH]c12. The largest absolute Gasteiger partial charge is 0.361 e. The number of aromatic nitrogens is 3. The van der Waals surface area contributed by atoms with Gasteiger partial charge in [0.2, 0.25) is 0 Å². The molecule has 0 saturated heterocycles. The number of hydrogen-bond acceptors (Lipinski definition) is 3. The number of hydrogen-bond donors (Lipinski definition) is 2. The first-order chi connectivity index (χ1) is 12.3. The molecule has 0 amide bonds. The Morgan fingerprint density at radius 2 is 2.24 bits per heavy atom. The van der Waals surface area contributed by atoms with Gasteiger partial charge in [0.15, 0.2) is 0 Å². The van der Waals surface area contributed by atoms with Crippen LogP contribution < -0.4 is 0 Å². The minimum atomic E-state index is 0.232. The highest BCUT2D eigenvalue weighted by atomic mass is 32.1. The summed E-state index contributed by atoms with van der Waals surface area (Å²) in [5, 5.41) is 5.74. The van der Waals surface area contributed by atoms with Gasteiger partial charge in [0.05, 0.1) is 18.1 Å². The summed E-state index contributed by atoms with van der Waals surface area (Å²) < 4.78 is 0. The number of benzene rings is 1. The van der Waals surface area contributed by atoms with Gasteiger partial charge in [-0.05, 0) is 40.4 Å². The molecule has 4 nitrogen and oxygen atoms in total. The Morgan fingerprint density at radius 1 is 1.28 bits per heavy atom. The van der Waals surface area contributed by atoms with Gasteiger partial charge in [0.1, 0.15) is 0 Å². The van der Waals surface area contributed by atoms with Crippen LogP contribution in [0.25, 0.3) is 10.9 Å². The van der Waals surface area contributed by atoms with Gasteiger partial charge in [-0.3, -0.25) is 4.90 Å². The summed E-state index contributed by atoms with van der Waals surface area (Å²) in [4.78, 5) is 14.0. The maximum atomic E-state index is 4.65. The number of nitrogens with one attached hydrogen (secondary N) is 2. The third-order valence-corrected chi connectivity index (χ3v) is 5.97. The highest BCUT2D eigenvalue weighted by Crippen LogP contribution is 2.36. The smallest absolute Gasteiger partial charge is 0.0926 e. The molecule has 1 aliphatic heterocycles. The zero-order valence-corrected chi connectivity index (χ0v) is 14.9. The molecule has 0 bridgehead atoms. The van der Waals surface area contributed by atoms with Gasteiger partial charge in [-0.25, -0.2) is 4.98 Å². The predicted molar refractivity (Wildman–Crippen MR) is 102 cm³/mol. The predicted octanol–water partition coefficient (Wildman–Crippen LogP) is 4.41. The van der Waals surface area contributed by atoms with E-state index in [1.165, 1.54) is 39.0 Å². The first-order valence-electron chi connectivity index (χ1n) is 8.65. The third-order valence-electron chi connectivity index (χ3n) is 5.27. The number of para-hydroxylation sites is 1. The van der Waals surface area contributed by atoms with Gasteiger partial charge in [0, 0.05) is 42.3 Å². The Balaban J connectivity index is 1.55. The van der Waals surface area contributed by atoms with Crippen LogP contribution in [0.2, 0.25) is 0 Å². The zero-order chi connectivity index (χ0) is 16.8. The van der Waals surface area contributed by atoms with Crippen LogP contribution in [-0.2, 0) is 13.0 Å². The van der Waals surface area contributed by atoms with Crippen LogP contribution >= 0.6 is 11.3 Å². The summed E-state index contributed by atoms with van der Waals surface area (Å²) >= 11 is 1.75. The minimum Gasteiger partial charge on any atom is -0.361 e. The number of thiophene rings is 1. The van der Waals surface area contributed by atoms with E-state index in [-0.39, 0.29) is 6.04 Å². The van der Waals surface area contributed by atoms with Gasteiger partial charge < -0.3 is 9.97 Å². The maximum absolute atomic E-state index is 4.65. The van der Waals surface area contributed by atoms with Gasteiger partial charge in [-0.2, -0.15) is 11.3 Å². The first-order valence-corrected chi connectivity index (χ1v) is 9.59. The molecular formula is C20H20N4S. The Labute approximate surface area is 150 Å². The lowest BCUT2D eigenvalue weighted by Gasteiger charge is -2.34.